The Morgan fingerprint density at radius 3 is 2.41 bits per heavy atom. The molecule has 2 aliphatic carbocycles. The lowest BCUT2D eigenvalue weighted by Gasteiger charge is -2.55. The van der Waals surface area contributed by atoms with Crippen LogP contribution in [0.2, 0.25) is 0 Å². The van der Waals surface area contributed by atoms with Crippen molar-refractivity contribution in [2.24, 2.45) is 28.6 Å². The molecule has 100 valence electrons. The molecule has 1 unspecified atom stereocenters. The van der Waals surface area contributed by atoms with Gasteiger partial charge < -0.3 is 0 Å². The highest BCUT2D eigenvalue weighted by Crippen LogP contribution is 2.59. The molecule has 0 spiro atoms. The molecular formula is C17H32. The molecule has 0 N–H and O–H groups in total. The summed E-state index contributed by atoms with van der Waals surface area (Å²) in [7, 11) is 0. The Morgan fingerprint density at radius 2 is 1.76 bits per heavy atom. The zero-order valence-electron chi connectivity index (χ0n) is 12.7. The second-order valence-corrected chi connectivity index (χ2v) is 8.33. The average molecular weight is 236 g/mol. The van der Waals surface area contributed by atoms with Gasteiger partial charge in [-0.15, -0.1) is 0 Å². The van der Waals surface area contributed by atoms with Crippen molar-refractivity contribution in [2.75, 3.05) is 0 Å². The summed E-state index contributed by atoms with van der Waals surface area (Å²) < 4.78 is 0. The van der Waals surface area contributed by atoms with Crippen molar-refractivity contribution in [3.63, 3.8) is 0 Å². The van der Waals surface area contributed by atoms with Crippen LogP contribution in [-0.2, 0) is 0 Å². The zero-order chi connectivity index (χ0) is 12.7. The first-order chi connectivity index (χ1) is 7.83. The van der Waals surface area contributed by atoms with E-state index in [1.807, 2.05) is 0 Å². The van der Waals surface area contributed by atoms with E-state index >= 15 is 0 Å². The van der Waals surface area contributed by atoms with Crippen molar-refractivity contribution in [2.45, 2.75) is 79.6 Å². The van der Waals surface area contributed by atoms with Crippen LogP contribution in [0.5, 0.6) is 0 Å². The summed E-state index contributed by atoms with van der Waals surface area (Å²) in [5, 5.41) is 0. The van der Waals surface area contributed by atoms with E-state index in [0.29, 0.717) is 10.8 Å². The molecule has 3 atom stereocenters. The molecule has 0 aromatic carbocycles. The smallest absolute Gasteiger partial charge is 0.0290 e. The Bertz CT molecular complexity index is 263. The highest BCUT2D eigenvalue weighted by Gasteiger charge is 2.49. The van der Waals surface area contributed by atoms with Crippen LogP contribution >= 0.6 is 0 Å². The Hall–Kier alpha value is 0. The monoisotopic (exact) mass is 236 g/mol. The standard InChI is InChI=1S/C17H32/c1-13(2)11-14-7-8-15-16(3,4)9-6-10-17(15,5)12-14/h13-15H,6-12H2,1-5H3/t14?,15-,17+/m0/s1. The number of hydrogen-bond acceptors (Lipinski definition) is 0. The summed E-state index contributed by atoms with van der Waals surface area (Å²) >= 11 is 0. The van der Waals surface area contributed by atoms with Crippen molar-refractivity contribution >= 4 is 0 Å². The summed E-state index contributed by atoms with van der Waals surface area (Å²) in [4.78, 5) is 0. The molecule has 0 aromatic rings. The van der Waals surface area contributed by atoms with Gasteiger partial charge in [0.05, 0.1) is 0 Å². The van der Waals surface area contributed by atoms with Gasteiger partial charge in [0.2, 0.25) is 0 Å². The van der Waals surface area contributed by atoms with Crippen molar-refractivity contribution in [1.82, 2.24) is 0 Å². The minimum atomic E-state index is 0.607. The van der Waals surface area contributed by atoms with Gasteiger partial charge >= 0.3 is 0 Å². The lowest BCUT2D eigenvalue weighted by Crippen LogP contribution is -2.46. The van der Waals surface area contributed by atoms with Crippen molar-refractivity contribution < 1.29 is 0 Å². The molecule has 0 saturated heterocycles. The van der Waals surface area contributed by atoms with E-state index in [1.165, 1.54) is 44.9 Å². The van der Waals surface area contributed by atoms with Gasteiger partial charge in [-0.1, -0.05) is 47.5 Å². The van der Waals surface area contributed by atoms with E-state index in [4.69, 9.17) is 0 Å². The van der Waals surface area contributed by atoms with Crippen molar-refractivity contribution in [1.29, 1.82) is 0 Å². The lowest BCUT2D eigenvalue weighted by molar-refractivity contribution is -0.0523. The Labute approximate surface area is 109 Å². The van der Waals surface area contributed by atoms with Crippen LogP contribution in [0.4, 0.5) is 0 Å². The second kappa shape index (κ2) is 4.59. The molecule has 2 fully saturated rings. The Morgan fingerprint density at radius 1 is 1.06 bits per heavy atom. The molecule has 2 rings (SSSR count). The minimum Gasteiger partial charge on any atom is -0.0628 e. The first kappa shape index (κ1) is 13.4. The highest BCUT2D eigenvalue weighted by atomic mass is 14.5. The normalized spacial score (nSPS) is 41.3. The fourth-order valence-electron chi connectivity index (χ4n) is 5.25. The molecule has 2 aliphatic rings. The third kappa shape index (κ3) is 2.71. The highest BCUT2D eigenvalue weighted by molar-refractivity contribution is 4.99. The van der Waals surface area contributed by atoms with Gasteiger partial charge in [-0.2, -0.15) is 0 Å². The van der Waals surface area contributed by atoms with E-state index in [-0.39, 0.29) is 0 Å². The summed E-state index contributed by atoms with van der Waals surface area (Å²) in [6.45, 7) is 12.4. The molecule has 0 nitrogen and oxygen atoms in total. The molecule has 0 radical (unpaired) electrons. The van der Waals surface area contributed by atoms with Crippen LogP contribution in [0.25, 0.3) is 0 Å². The average Bonchev–Trinajstić information content (AvgIpc) is 2.13. The topological polar surface area (TPSA) is 0 Å². The van der Waals surface area contributed by atoms with E-state index in [9.17, 15) is 0 Å². The summed E-state index contributed by atoms with van der Waals surface area (Å²) in [5.74, 6) is 2.90. The molecule has 0 aromatic heterocycles. The molecule has 0 amide bonds. The van der Waals surface area contributed by atoms with Crippen LogP contribution in [0.15, 0.2) is 0 Å². The zero-order valence-corrected chi connectivity index (χ0v) is 12.7. The number of rotatable bonds is 2. The van der Waals surface area contributed by atoms with Gasteiger partial charge in [-0.25, -0.2) is 0 Å². The Balaban J connectivity index is 2.07. The molecule has 17 heavy (non-hydrogen) atoms. The van der Waals surface area contributed by atoms with Gasteiger partial charge in [0.15, 0.2) is 0 Å². The van der Waals surface area contributed by atoms with E-state index in [2.05, 4.69) is 34.6 Å². The lowest BCUT2D eigenvalue weighted by atomic mass is 9.50. The van der Waals surface area contributed by atoms with Gasteiger partial charge in [0.25, 0.3) is 0 Å². The van der Waals surface area contributed by atoms with E-state index in [0.717, 1.165) is 17.8 Å². The molecule has 0 aliphatic heterocycles. The quantitative estimate of drug-likeness (QED) is 0.580. The van der Waals surface area contributed by atoms with E-state index in [1.54, 1.807) is 0 Å². The van der Waals surface area contributed by atoms with Crippen LogP contribution in [0, 0.1) is 28.6 Å². The minimum absolute atomic E-state index is 0.607. The van der Waals surface area contributed by atoms with Gasteiger partial charge in [-0.3, -0.25) is 0 Å². The fourth-order valence-corrected chi connectivity index (χ4v) is 5.25. The molecule has 0 bridgehead atoms. The van der Waals surface area contributed by atoms with Crippen LogP contribution in [-0.4, -0.2) is 0 Å². The predicted molar refractivity (Wildman–Crippen MR) is 76.0 cm³/mol. The van der Waals surface area contributed by atoms with Crippen molar-refractivity contribution in [3.05, 3.63) is 0 Å². The van der Waals surface area contributed by atoms with Crippen LogP contribution < -0.4 is 0 Å². The van der Waals surface area contributed by atoms with E-state index < -0.39 is 0 Å². The maximum Gasteiger partial charge on any atom is -0.0290 e. The largest absolute Gasteiger partial charge is 0.0628 e. The second-order valence-electron chi connectivity index (χ2n) is 8.33. The summed E-state index contributed by atoms with van der Waals surface area (Å²) in [6.07, 6.45) is 10.4. The predicted octanol–water partition coefficient (Wildman–Crippen LogP) is 5.67. The fraction of sp³-hybridized carbons (Fsp3) is 1.00. The first-order valence-electron chi connectivity index (χ1n) is 7.83. The molecule has 2 saturated carbocycles. The van der Waals surface area contributed by atoms with Crippen LogP contribution in [0.1, 0.15) is 79.6 Å². The van der Waals surface area contributed by atoms with Crippen molar-refractivity contribution in [3.8, 4) is 0 Å². The van der Waals surface area contributed by atoms with Gasteiger partial charge in [0.1, 0.15) is 0 Å². The third-order valence-electron chi connectivity index (χ3n) is 5.78. The van der Waals surface area contributed by atoms with Gasteiger partial charge in [-0.05, 0) is 60.7 Å². The Kier molecular flexibility index (Phi) is 3.63. The SMILES string of the molecule is CC(C)CC1CC[C@H]2C(C)(C)CCC[C@]2(C)C1. The summed E-state index contributed by atoms with van der Waals surface area (Å²) in [6, 6.07) is 0. The first-order valence-corrected chi connectivity index (χ1v) is 7.83. The molecule has 0 heterocycles. The van der Waals surface area contributed by atoms with Gasteiger partial charge in [0, 0.05) is 0 Å². The van der Waals surface area contributed by atoms with Crippen LogP contribution in [0.3, 0.4) is 0 Å². The number of hydrogen-bond donors (Lipinski definition) is 0. The third-order valence-corrected chi connectivity index (χ3v) is 5.78. The maximum absolute atomic E-state index is 2.60. The number of fused-ring (bicyclic) bond motifs is 1. The maximum atomic E-state index is 2.60. The molecule has 0 heteroatoms. The summed E-state index contributed by atoms with van der Waals surface area (Å²) in [5.41, 5.74) is 1.27. The molecular weight excluding hydrogens is 204 g/mol.